The van der Waals surface area contributed by atoms with Gasteiger partial charge in [0.05, 0.1) is 6.54 Å². The number of hydrogen-bond donors (Lipinski definition) is 2. The summed E-state index contributed by atoms with van der Waals surface area (Å²) in [5, 5.41) is 17.5. The predicted octanol–water partition coefficient (Wildman–Crippen LogP) is 2.13. The Balaban J connectivity index is 1.34. The zero-order valence-corrected chi connectivity index (χ0v) is 12.8. The predicted molar refractivity (Wildman–Crippen MR) is 80.9 cm³/mol. The van der Waals surface area contributed by atoms with Crippen LogP contribution in [0.4, 0.5) is 0 Å². The third kappa shape index (κ3) is 4.43. The lowest BCUT2D eigenvalue weighted by atomic mass is 10.3. The first-order chi connectivity index (χ1) is 10.7. The number of aromatic nitrogens is 2. The van der Waals surface area contributed by atoms with Gasteiger partial charge in [-0.05, 0) is 37.1 Å². The molecule has 0 amide bonds. The average molecular weight is 324 g/mol. The van der Waals surface area contributed by atoms with Crippen LogP contribution in [0.3, 0.4) is 0 Å². The average Bonchev–Trinajstić information content (AvgIpc) is 3.26. The van der Waals surface area contributed by atoms with Gasteiger partial charge < -0.3 is 19.7 Å². The van der Waals surface area contributed by atoms with Crippen molar-refractivity contribution in [1.82, 2.24) is 15.5 Å². The second kappa shape index (κ2) is 7.09. The number of ether oxygens (including phenoxy) is 1. The van der Waals surface area contributed by atoms with E-state index < -0.39 is 6.10 Å². The number of benzene rings is 1. The molecule has 6 nitrogen and oxygen atoms in total. The minimum Gasteiger partial charge on any atom is -0.491 e. The quantitative estimate of drug-likeness (QED) is 0.774. The summed E-state index contributed by atoms with van der Waals surface area (Å²) in [6.07, 6.45) is 1.67. The number of aliphatic hydroxyl groups excluding tert-OH is 1. The molecule has 1 atom stereocenters. The fraction of sp³-hybridized carbons (Fsp3) is 0.467. The first-order valence-corrected chi connectivity index (χ1v) is 7.68. The van der Waals surface area contributed by atoms with Crippen molar-refractivity contribution in [2.24, 2.45) is 0 Å². The van der Waals surface area contributed by atoms with Crippen molar-refractivity contribution in [3.05, 3.63) is 41.0 Å². The van der Waals surface area contributed by atoms with Crippen molar-refractivity contribution in [3.8, 4) is 5.75 Å². The van der Waals surface area contributed by atoms with Gasteiger partial charge in [-0.25, -0.2) is 0 Å². The number of aliphatic hydroxyl groups is 1. The van der Waals surface area contributed by atoms with Crippen LogP contribution in [-0.4, -0.2) is 34.5 Å². The summed E-state index contributed by atoms with van der Waals surface area (Å²) in [5.74, 6) is 2.50. The minimum atomic E-state index is -0.624. The summed E-state index contributed by atoms with van der Waals surface area (Å²) in [4.78, 5) is 4.31. The maximum atomic E-state index is 9.87. The van der Waals surface area contributed by atoms with E-state index in [9.17, 15) is 5.11 Å². The number of nitrogens with one attached hydrogen (secondary N) is 1. The van der Waals surface area contributed by atoms with Crippen molar-refractivity contribution in [2.45, 2.75) is 31.4 Å². The number of hydrogen-bond acceptors (Lipinski definition) is 6. The van der Waals surface area contributed by atoms with Gasteiger partial charge in [0, 0.05) is 17.5 Å². The van der Waals surface area contributed by atoms with Crippen LogP contribution in [0, 0.1) is 0 Å². The highest BCUT2D eigenvalue weighted by Gasteiger charge is 2.28. The Morgan fingerprint density at radius 1 is 1.36 bits per heavy atom. The lowest BCUT2D eigenvalue weighted by molar-refractivity contribution is 0.105. The highest BCUT2D eigenvalue weighted by Crippen LogP contribution is 2.37. The fourth-order valence-corrected chi connectivity index (χ4v) is 2.10. The molecule has 0 bridgehead atoms. The van der Waals surface area contributed by atoms with Gasteiger partial charge in [0.1, 0.15) is 18.5 Å². The lowest BCUT2D eigenvalue weighted by Gasteiger charge is -2.12. The maximum absolute atomic E-state index is 9.87. The van der Waals surface area contributed by atoms with Gasteiger partial charge in [-0.3, -0.25) is 0 Å². The molecule has 0 aliphatic heterocycles. The molecule has 0 saturated heterocycles. The Hall–Kier alpha value is -1.63. The zero-order chi connectivity index (χ0) is 15.4. The molecule has 22 heavy (non-hydrogen) atoms. The summed E-state index contributed by atoms with van der Waals surface area (Å²) in [6, 6.07) is 7.02. The first kappa shape index (κ1) is 15.3. The molecule has 3 rings (SSSR count). The van der Waals surface area contributed by atoms with Crippen molar-refractivity contribution in [2.75, 3.05) is 13.2 Å². The van der Waals surface area contributed by atoms with Gasteiger partial charge in [0.2, 0.25) is 5.89 Å². The van der Waals surface area contributed by atoms with Gasteiger partial charge in [-0.15, -0.1) is 0 Å². The molecule has 118 valence electrons. The Labute approximate surface area is 133 Å². The van der Waals surface area contributed by atoms with E-state index in [1.807, 2.05) is 0 Å². The standard InChI is InChI=1S/C15H18ClN3O3/c16-11-3-5-13(6-4-11)21-9-12(20)7-17-8-14-18-15(19-22-14)10-1-2-10/h3-6,10,12,17,20H,1-2,7-9H2/t12-/m0/s1. The molecule has 0 radical (unpaired) electrons. The second-order valence-electron chi connectivity index (χ2n) is 5.37. The van der Waals surface area contributed by atoms with Crippen LogP contribution >= 0.6 is 11.6 Å². The highest BCUT2D eigenvalue weighted by molar-refractivity contribution is 6.30. The van der Waals surface area contributed by atoms with E-state index in [-0.39, 0.29) is 6.61 Å². The van der Waals surface area contributed by atoms with Crippen LogP contribution in [0.1, 0.15) is 30.5 Å². The van der Waals surface area contributed by atoms with E-state index in [0.717, 1.165) is 18.7 Å². The van der Waals surface area contributed by atoms with Gasteiger partial charge in [0.15, 0.2) is 5.82 Å². The molecule has 1 aromatic heterocycles. The molecule has 1 fully saturated rings. The largest absolute Gasteiger partial charge is 0.491 e. The molecular weight excluding hydrogens is 306 g/mol. The minimum absolute atomic E-state index is 0.200. The van der Waals surface area contributed by atoms with Crippen molar-refractivity contribution < 1.29 is 14.4 Å². The Morgan fingerprint density at radius 3 is 2.86 bits per heavy atom. The molecule has 1 aliphatic carbocycles. The summed E-state index contributed by atoms with van der Waals surface area (Å²) in [5.41, 5.74) is 0. The van der Waals surface area contributed by atoms with Crippen molar-refractivity contribution in [1.29, 1.82) is 0 Å². The number of halogens is 1. The van der Waals surface area contributed by atoms with Crippen LogP contribution in [0.15, 0.2) is 28.8 Å². The monoisotopic (exact) mass is 323 g/mol. The third-order valence-electron chi connectivity index (χ3n) is 3.34. The Morgan fingerprint density at radius 2 is 2.14 bits per heavy atom. The van der Waals surface area contributed by atoms with Gasteiger partial charge in [-0.2, -0.15) is 4.98 Å². The molecule has 0 unspecified atom stereocenters. The van der Waals surface area contributed by atoms with Crippen molar-refractivity contribution in [3.63, 3.8) is 0 Å². The molecule has 2 N–H and O–H groups in total. The molecule has 1 aliphatic rings. The van der Waals surface area contributed by atoms with E-state index in [1.165, 1.54) is 0 Å². The molecule has 2 aromatic rings. The van der Waals surface area contributed by atoms with Gasteiger partial charge in [0.25, 0.3) is 0 Å². The van der Waals surface area contributed by atoms with Crippen LogP contribution in [0.5, 0.6) is 5.75 Å². The Kier molecular flexibility index (Phi) is 4.92. The van der Waals surface area contributed by atoms with Crippen LogP contribution in [0.2, 0.25) is 5.02 Å². The lowest BCUT2D eigenvalue weighted by Crippen LogP contribution is -2.31. The SMILES string of the molecule is O[C@@H](CNCc1nc(C2CC2)no1)COc1ccc(Cl)cc1. The normalized spacial score (nSPS) is 15.7. The van der Waals surface area contributed by atoms with Gasteiger partial charge in [-0.1, -0.05) is 16.8 Å². The molecule has 1 saturated carbocycles. The summed E-state index contributed by atoms with van der Waals surface area (Å²) in [6.45, 7) is 1.03. The zero-order valence-electron chi connectivity index (χ0n) is 12.0. The first-order valence-electron chi connectivity index (χ1n) is 7.30. The molecule has 1 heterocycles. The van der Waals surface area contributed by atoms with E-state index >= 15 is 0 Å². The van der Waals surface area contributed by atoms with E-state index in [2.05, 4.69) is 15.5 Å². The van der Waals surface area contributed by atoms with Crippen molar-refractivity contribution >= 4 is 11.6 Å². The topological polar surface area (TPSA) is 80.4 Å². The summed E-state index contributed by atoms with van der Waals surface area (Å²) in [7, 11) is 0. The Bertz CT molecular complexity index is 598. The number of rotatable bonds is 8. The van der Waals surface area contributed by atoms with Crippen LogP contribution < -0.4 is 10.1 Å². The van der Waals surface area contributed by atoms with Crippen LogP contribution in [0.25, 0.3) is 0 Å². The summed E-state index contributed by atoms with van der Waals surface area (Å²) >= 11 is 5.79. The highest BCUT2D eigenvalue weighted by atomic mass is 35.5. The third-order valence-corrected chi connectivity index (χ3v) is 3.59. The molecule has 0 spiro atoms. The van der Waals surface area contributed by atoms with E-state index in [4.69, 9.17) is 20.9 Å². The van der Waals surface area contributed by atoms with Crippen LogP contribution in [-0.2, 0) is 6.54 Å². The maximum Gasteiger partial charge on any atom is 0.240 e. The molecule has 1 aromatic carbocycles. The fourth-order valence-electron chi connectivity index (χ4n) is 1.98. The van der Waals surface area contributed by atoms with E-state index in [0.29, 0.717) is 35.7 Å². The van der Waals surface area contributed by atoms with Gasteiger partial charge >= 0.3 is 0 Å². The number of nitrogens with zero attached hydrogens (tertiary/aromatic N) is 2. The smallest absolute Gasteiger partial charge is 0.240 e. The summed E-state index contributed by atoms with van der Waals surface area (Å²) < 4.78 is 10.6. The van der Waals surface area contributed by atoms with E-state index in [1.54, 1.807) is 24.3 Å². The molecule has 7 heteroatoms. The second-order valence-corrected chi connectivity index (χ2v) is 5.81. The molecular formula is C15H18ClN3O3.